The topological polar surface area (TPSA) is 41.6 Å². The number of ether oxygens (including phenoxy) is 1. The summed E-state index contributed by atoms with van der Waals surface area (Å²) >= 11 is 0. The maximum absolute atomic E-state index is 10.5. The third kappa shape index (κ3) is 3.74. The molecule has 4 heteroatoms. The minimum absolute atomic E-state index is 0.106. The van der Waals surface area contributed by atoms with E-state index < -0.39 is 0 Å². The van der Waals surface area contributed by atoms with E-state index >= 15 is 0 Å². The average Bonchev–Trinajstić information content (AvgIpc) is 2.19. The van der Waals surface area contributed by atoms with Gasteiger partial charge >= 0.3 is 0 Å². The van der Waals surface area contributed by atoms with Gasteiger partial charge in [-0.05, 0) is 13.5 Å². The van der Waals surface area contributed by atoms with E-state index in [0.29, 0.717) is 0 Å². The summed E-state index contributed by atoms with van der Waals surface area (Å²) in [7, 11) is 1.94. The zero-order valence-corrected chi connectivity index (χ0v) is 9.03. The van der Waals surface area contributed by atoms with Crippen LogP contribution in [0.1, 0.15) is 13.3 Å². The van der Waals surface area contributed by atoms with Gasteiger partial charge in [0.05, 0.1) is 12.7 Å². The largest absolute Gasteiger partial charge is 0.376 e. The molecule has 1 saturated heterocycles. The van der Waals surface area contributed by atoms with Gasteiger partial charge in [-0.3, -0.25) is 4.90 Å². The van der Waals surface area contributed by atoms with Crippen LogP contribution in [-0.4, -0.2) is 50.7 Å². The van der Waals surface area contributed by atoms with Gasteiger partial charge in [0.15, 0.2) is 0 Å². The maximum Gasteiger partial charge on any atom is 0.122 e. The first-order valence-electron chi connectivity index (χ1n) is 5.20. The van der Waals surface area contributed by atoms with Gasteiger partial charge in [0.1, 0.15) is 6.29 Å². The predicted octanol–water partition coefficient (Wildman–Crippen LogP) is 0.0892. The number of carbonyl (C=O) groups is 1. The Labute approximate surface area is 85.6 Å². The molecular weight excluding hydrogens is 180 g/mol. The highest BCUT2D eigenvalue weighted by Gasteiger charge is 2.21. The van der Waals surface area contributed by atoms with E-state index in [1.807, 2.05) is 14.0 Å². The molecule has 2 unspecified atom stereocenters. The molecule has 0 aromatic rings. The number of hydrogen-bond donors (Lipinski definition) is 1. The fourth-order valence-electron chi connectivity index (χ4n) is 1.76. The molecule has 0 aliphatic carbocycles. The Morgan fingerprint density at radius 3 is 3.14 bits per heavy atom. The van der Waals surface area contributed by atoms with Crippen molar-refractivity contribution in [2.24, 2.45) is 5.92 Å². The van der Waals surface area contributed by atoms with Crippen LogP contribution in [0.25, 0.3) is 0 Å². The zero-order valence-electron chi connectivity index (χ0n) is 9.03. The minimum atomic E-state index is 0.106. The molecule has 1 rings (SSSR count). The average molecular weight is 200 g/mol. The van der Waals surface area contributed by atoms with Crippen molar-refractivity contribution in [1.29, 1.82) is 0 Å². The predicted molar refractivity (Wildman–Crippen MR) is 55.1 cm³/mol. The second-order valence-corrected chi connectivity index (χ2v) is 3.93. The summed E-state index contributed by atoms with van der Waals surface area (Å²) in [6, 6.07) is 0. The first-order valence-corrected chi connectivity index (χ1v) is 5.20. The van der Waals surface area contributed by atoms with Gasteiger partial charge in [-0.25, -0.2) is 0 Å². The molecule has 82 valence electrons. The molecule has 2 atom stereocenters. The highest BCUT2D eigenvalue weighted by molar-refractivity contribution is 5.52. The lowest BCUT2D eigenvalue weighted by Gasteiger charge is -2.33. The van der Waals surface area contributed by atoms with Crippen molar-refractivity contribution < 1.29 is 9.53 Å². The van der Waals surface area contributed by atoms with E-state index in [1.54, 1.807) is 0 Å². The summed E-state index contributed by atoms with van der Waals surface area (Å²) in [5.41, 5.74) is 0. The summed E-state index contributed by atoms with van der Waals surface area (Å²) in [5.74, 6) is 0.106. The Balaban J connectivity index is 2.28. The van der Waals surface area contributed by atoms with Crippen molar-refractivity contribution in [3.8, 4) is 0 Å². The lowest BCUT2D eigenvalue weighted by atomic mass is 10.0. The maximum atomic E-state index is 10.5. The van der Waals surface area contributed by atoms with Crippen LogP contribution in [0.2, 0.25) is 0 Å². The Hall–Kier alpha value is -0.450. The Morgan fingerprint density at radius 2 is 2.50 bits per heavy atom. The molecule has 1 heterocycles. The first-order chi connectivity index (χ1) is 6.76. The molecule has 1 aliphatic heterocycles. The molecule has 0 radical (unpaired) electrons. The van der Waals surface area contributed by atoms with Crippen LogP contribution in [-0.2, 0) is 9.53 Å². The third-order valence-electron chi connectivity index (χ3n) is 2.47. The molecule has 0 amide bonds. The Morgan fingerprint density at radius 1 is 1.71 bits per heavy atom. The van der Waals surface area contributed by atoms with Crippen molar-refractivity contribution in [3.63, 3.8) is 0 Å². The van der Waals surface area contributed by atoms with E-state index in [4.69, 9.17) is 4.74 Å². The van der Waals surface area contributed by atoms with E-state index in [9.17, 15) is 4.79 Å². The number of carbonyl (C=O) groups excluding carboxylic acids is 1. The normalized spacial score (nSPS) is 26.0. The van der Waals surface area contributed by atoms with Gasteiger partial charge in [0.2, 0.25) is 0 Å². The van der Waals surface area contributed by atoms with Crippen LogP contribution in [0.5, 0.6) is 0 Å². The van der Waals surface area contributed by atoms with Crippen LogP contribution >= 0.6 is 0 Å². The summed E-state index contributed by atoms with van der Waals surface area (Å²) in [4.78, 5) is 12.8. The number of nitrogens with one attached hydrogen (secondary N) is 1. The molecular formula is C10H20N2O2. The van der Waals surface area contributed by atoms with Gasteiger partial charge in [-0.2, -0.15) is 0 Å². The lowest BCUT2D eigenvalue weighted by Crippen LogP contribution is -2.46. The zero-order chi connectivity index (χ0) is 10.4. The highest BCUT2D eigenvalue weighted by Crippen LogP contribution is 2.12. The number of nitrogens with zero attached hydrogens (tertiary/aromatic N) is 1. The number of aldehydes is 1. The van der Waals surface area contributed by atoms with E-state index in [-0.39, 0.29) is 12.0 Å². The molecule has 0 aromatic heterocycles. The number of morpholine rings is 1. The summed E-state index contributed by atoms with van der Waals surface area (Å²) < 4.78 is 5.60. The monoisotopic (exact) mass is 200 g/mol. The van der Waals surface area contributed by atoms with Crippen molar-refractivity contribution >= 4 is 6.29 Å². The van der Waals surface area contributed by atoms with Crippen LogP contribution in [0.3, 0.4) is 0 Å². The van der Waals surface area contributed by atoms with Crippen LogP contribution in [0.15, 0.2) is 0 Å². The quantitative estimate of drug-likeness (QED) is 0.639. The van der Waals surface area contributed by atoms with Gasteiger partial charge in [0.25, 0.3) is 0 Å². The van der Waals surface area contributed by atoms with Gasteiger partial charge in [-0.1, -0.05) is 6.92 Å². The van der Waals surface area contributed by atoms with Crippen molar-refractivity contribution in [2.45, 2.75) is 19.4 Å². The SMILES string of the molecule is CNCN1CCOC(CC(C)C=O)C1. The van der Waals surface area contributed by atoms with Gasteiger partial charge in [0, 0.05) is 25.7 Å². The molecule has 0 saturated carbocycles. The Kier molecular flexibility index (Phi) is 5.07. The molecule has 1 fully saturated rings. The van der Waals surface area contributed by atoms with Gasteiger partial charge in [-0.15, -0.1) is 0 Å². The van der Waals surface area contributed by atoms with Crippen molar-refractivity contribution in [3.05, 3.63) is 0 Å². The Bertz CT molecular complexity index is 174. The second kappa shape index (κ2) is 6.11. The van der Waals surface area contributed by atoms with Gasteiger partial charge < -0.3 is 14.8 Å². The van der Waals surface area contributed by atoms with Crippen molar-refractivity contribution in [1.82, 2.24) is 10.2 Å². The molecule has 0 aromatic carbocycles. The minimum Gasteiger partial charge on any atom is -0.376 e. The summed E-state index contributed by atoms with van der Waals surface area (Å²) in [6.45, 7) is 5.52. The van der Waals surface area contributed by atoms with Crippen LogP contribution < -0.4 is 5.32 Å². The van der Waals surface area contributed by atoms with Crippen molar-refractivity contribution in [2.75, 3.05) is 33.4 Å². The summed E-state index contributed by atoms with van der Waals surface area (Å²) in [5, 5.41) is 3.13. The number of rotatable bonds is 5. The molecule has 14 heavy (non-hydrogen) atoms. The summed E-state index contributed by atoms with van der Waals surface area (Å²) in [6.07, 6.45) is 2.06. The standard InChI is InChI=1S/C10H20N2O2/c1-9(7-13)5-10-6-12(8-11-2)3-4-14-10/h7,9-11H,3-6,8H2,1-2H3. The molecule has 1 N–H and O–H groups in total. The molecule has 4 nitrogen and oxygen atoms in total. The smallest absolute Gasteiger partial charge is 0.122 e. The first kappa shape index (κ1) is 11.6. The molecule has 0 spiro atoms. The third-order valence-corrected chi connectivity index (χ3v) is 2.47. The molecule has 0 bridgehead atoms. The fraction of sp³-hybridized carbons (Fsp3) is 0.900. The van der Waals surface area contributed by atoms with Crippen LogP contribution in [0.4, 0.5) is 0 Å². The molecule has 1 aliphatic rings. The highest BCUT2D eigenvalue weighted by atomic mass is 16.5. The van der Waals surface area contributed by atoms with E-state index in [1.165, 1.54) is 0 Å². The lowest BCUT2D eigenvalue weighted by molar-refractivity contribution is -0.112. The van der Waals surface area contributed by atoms with E-state index in [0.717, 1.165) is 39.1 Å². The fourth-order valence-corrected chi connectivity index (χ4v) is 1.76. The second-order valence-electron chi connectivity index (χ2n) is 3.93. The number of hydrogen-bond acceptors (Lipinski definition) is 4. The van der Waals surface area contributed by atoms with E-state index in [2.05, 4.69) is 10.2 Å². The van der Waals surface area contributed by atoms with Crippen LogP contribution in [0, 0.1) is 5.92 Å².